The molecule has 1 atom stereocenters. The van der Waals surface area contributed by atoms with Crippen molar-refractivity contribution >= 4 is 0 Å². The minimum atomic E-state index is 0.553. The summed E-state index contributed by atoms with van der Waals surface area (Å²) >= 11 is 0. The van der Waals surface area contributed by atoms with Crippen LogP contribution in [-0.4, -0.2) is 38.2 Å². The molecule has 3 nitrogen and oxygen atoms in total. The number of benzene rings is 1. The molecule has 1 aromatic carbocycles. The molecular weight excluding hydrogens is 212 g/mol. The fourth-order valence-corrected chi connectivity index (χ4v) is 1.48. The molecule has 0 saturated heterocycles. The van der Waals surface area contributed by atoms with Crippen molar-refractivity contribution in [1.82, 2.24) is 10.2 Å². The van der Waals surface area contributed by atoms with Crippen LogP contribution in [0.15, 0.2) is 24.3 Å². The summed E-state index contributed by atoms with van der Waals surface area (Å²) in [7, 11) is 4.20. The summed E-state index contributed by atoms with van der Waals surface area (Å²) in [5.41, 5.74) is 1.29. The quantitative estimate of drug-likeness (QED) is 0.785. The van der Waals surface area contributed by atoms with Gasteiger partial charge in [-0.15, -0.1) is 0 Å². The molecule has 0 aromatic heterocycles. The topological polar surface area (TPSA) is 24.5 Å². The van der Waals surface area contributed by atoms with Gasteiger partial charge in [-0.2, -0.15) is 0 Å². The van der Waals surface area contributed by atoms with E-state index in [1.54, 1.807) is 0 Å². The number of nitrogens with zero attached hydrogens (tertiary/aromatic N) is 1. The van der Waals surface area contributed by atoms with Gasteiger partial charge in [0.2, 0.25) is 0 Å². The largest absolute Gasteiger partial charge is 0.494 e. The molecule has 1 rings (SSSR count). The molecule has 96 valence electrons. The minimum absolute atomic E-state index is 0.553. The van der Waals surface area contributed by atoms with Gasteiger partial charge in [0.15, 0.2) is 0 Å². The van der Waals surface area contributed by atoms with Crippen molar-refractivity contribution in [3.63, 3.8) is 0 Å². The summed E-state index contributed by atoms with van der Waals surface area (Å²) in [4.78, 5) is 2.21. The van der Waals surface area contributed by atoms with E-state index in [2.05, 4.69) is 43.4 Å². The van der Waals surface area contributed by atoms with E-state index in [9.17, 15) is 0 Å². The van der Waals surface area contributed by atoms with Gasteiger partial charge in [0.1, 0.15) is 5.75 Å². The second kappa shape index (κ2) is 7.30. The zero-order valence-electron chi connectivity index (χ0n) is 11.4. The smallest absolute Gasteiger partial charge is 0.119 e. The zero-order chi connectivity index (χ0) is 12.7. The molecule has 0 aliphatic carbocycles. The van der Waals surface area contributed by atoms with Crippen molar-refractivity contribution in [3.8, 4) is 5.75 Å². The van der Waals surface area contributed by atoms with Crippen LogP contribution >= 0.6 is 0 Å². The highest BCUT2D eigenvalue weighted by atomic mass is 16.5. The van der Waals surface area contributed by atoms with Crippen LogP contribution in [0.5, 0.6) is 5.75 Å². The lowest BCUT2D eigenvalue weighted by Gasteiger charge is -2.20. The Hall–Kier alpha value is -1.06. The Morgan fingerprint density at radius 1 is 1.24 bits per heavy atom. The molecule has 0 heterocycles. The maximum atomic E-state index is 5.41. The third-order valence-corrected chi connectivity index (χ3v) is 2.88. The summed E-state index contributed by atoms with van der Waals surface area (Å²) in [5.74, 6) is 0.943. The zero-order valence-corrected chi connectivity index (χ0v) is 11.4. The van der Waals surface area contributed by atoms with E-state index in [1.165, 1.54) is 5.56 Å². The fraction of sp³-hybridized carbons (Fsp3) is 0.571. The molecule has 0 aliphatic heterocycles. The van der Waals surface area contributed by atoms with Crippen LogP contribution in [0.3, 0.4) is 0 Å². The van der Waals surface area contributed by atoms with Crippen LogP contribution in [-0.2, 0) is 6.54 Å². The Labute approximate surface area is 105 Å². The van der Waals surface area contributed by atoms with Crippen molar-refractivity contribution < 1.29 is 4.74 Å². The lowest BCUT2D eigenvalue weighted by Crippen LogP contribution is -2.35. The summed E-state index contributed by atoms with van der Waals surface area (Å²) in [6, 6.07) is 8.82. The van der Waals surface area contributed by atoms with Gasteiger partial charge in [-0.3, -0.25) is 0 Å². The van der Waals surface area contributed by atoms with Crippen LogP contribution < -0.4 is 10.1 Å². The number of rotatable bonds is 7. The van der Waals surface area contributed by atoms with Crippen LogP contribution in [0.2, 0.25) is 0 Å². The summed E-state index contributed by atoms with van der Waals surface area (Å²) in [6.45, 7) is 6.84. The van der Waals surface area contributed by atoms with E-state index in [-0.39, 0.29) is 0 Å². The van der Waals surface area contributed by atoms with Crippen molar-refractivity contribution in [2.75, 3.05) is 27.2 Å². The first-order valence-electron chi connectivity index (χ1n) is 6.22. The normalized spacial score (nSPS) is 12.8. The Morgan fingerprint density at radius 3 is 2.41 bits per heavy atom. The first-order chi connectivity index (χ1) is 8.13. The van der Waals surface area contributed by atoms with Gasteiger partial charge in [-0.25, -0.2) is 0 Å². The summed E-state index contributed by atoms with van der Waals surface area (Å²) in [6.07, 6.45) is 0. The van der Waals surface area contributed by atoms with Crippen molar-refractivity contribution in [2.24, 2.45) is 0 Å². The van der Waals surface area contributed by atoms with E-state index >= 15 is 0 Å². The Balaban J connectivity index is 2.32. The molecule has 17 heavy (non-hydrogen) atoms. The van der Waals surface area contributed by atoms with E-state index in [0.29, 0.717) is 6.04 Å². The predicted octanol–water partition coefficient (Wildman–Crippen LogP) is 2.12. The second-order valence-electron chi connectivity index (χ2n) is 4.52. The van der Waals surface area contributed by atoms with Crippen LogP contribution in [0.25, 0.3) is 0 Å². The monoisotopic (exact) mass is 236 g/mol. The van der Waals surface area contributed by atoms with Crippen molar-refractivity contribution in [3.05, 3.63) is 29.8 Å². The van der Waals surface area contributed by atoms with Gasteiger partial charge in [0.25, 0.3) is 0 Å². The Bertz CT molecular complexity index is 309. The molecule has 0 amide bonds. The fourth-order valence-electron chi connectivity index (χ4n) is 1.48. The molecule has 3 heteroatoms. The summed E-state index contributed by atoms with van der Waals surface area (Å²) < 4.78 is 5.41. The van der Waals surface area contributed by atoms with Gasteiger partial charge in [0, 0.05) is 19.1 Å². The highest BCUT2D eigenvalue weighted by Crippen LogP contribution is 2.11. The minimum Gasteiger partial charge on any atom is -0.494 e. The van der Waals surface area contributed by atoms with E-state index in [4.69, 9.17) is 4.74 Å². The van der Waals surface area contributed by atoms with Crippen molar-refractivity contribution in [2.45, 2.75) is 26.4 Å². The lowest BCUT2D eigenvalue weighted by molar-refractivity contribution is 0.302. The average Bonchev–Trinajstić information content (AvgIpc) is 2.31. The third-order valence-electron chi connectivity index (χ3n) is 2.88. The Morgan fingerprint density at radius 2 is 1.88 bits per heavy atom. The van der Waals surface area contributed by atoms with Crippen LogP contribution in [0.1, 0.15) is 19.4 Å². The maximum absolute atomic E-state index is 5.41. The third kappa shape index (κ3) is 5.20. The number of hydrogen-bond acceptors (Lipinski definition) is 3. The Kier molecular flexibility index (Phi) is 6.01. The van der Waals surface area contributed by atoms with Crippen LogP contribution in [0.4, 0.5) is 0 Å². The molecular formula is C14H24N2O. The average molecular weight is 236 g/mol. The molecule has 0 radical (unpaired) electrons. The number of nitrogens with one attached hydrogen (secondary N) is 1. The molecule has 0 fully saturated rings. The van der Waals surface area contributed by atoms with Crippen LogP contribution in [0, 0.1) is 0 Å². The molecule has 1 N–H and O–H groups in total. The molecule has 0 saturated carbocycles. The lowest BCUT2D eigenvalue weighted by atomic mass is 10.2. The molecule has 0 aliphatic rings. The second-order valence-corrected chi connectivity index (χ2v) is 4.52. The first-order valence-corrected chi connectivity index (χ1v) is 6.22. The summed E-state index contributed by atoms with van der Waals surface area (Å²) in [5, 5.41) is 3.45. The van der Waals surface area contributed by atoms with Crippen molar-refractivity contribution in [1.29, 1.82) is 0 Å². The molecule has 0 bridgehead atoms. The van der Waals surface area contributed by atoms with Gasteiger partial charge in [-0.05, 0) is 45.6 Å². The van der Waals surface area contributed by atoms with Gasteiger partial charge in [0.05, 0.1) is 6.61 Å². The van der Waals surface area contributed by atoms with Gasteiger partial charge >= 0.3 is 0 Å². The standard InChI is InChI=1S/C14H24N2O/c1-5-17-14-8-6-13(7-9-14)11-15-10-12(2)16(3)4/h6-9,12,15H,5,10-11H2,1-4H3. The maximum Gasteiger partial charge on any atom is 0.119 e. The highest BCUT2D eigenvalue weighted by molar-refractivity contribution is 5.27. The van der Waals surface area contributed by atoms with E-state index < -0.39 is 0 Å². The highest BCUT2D eigenvalue weighted by Gasteiger charge is 2.03. The number of hydrogen-bond donors (Lipinski definition) is 1. The molecule has 1 aromatic rings. The number of ether oxygens (including phenoxy) is 1. The van der Waals surface area contributed by atoms with Gasteiger partial charge < -0.3 is 15.0 Å². The SMILES string of the molecule is CCOc1ccc(CNCC(C)N(C)C)cc1. The van der Waals surface area contributed by atoms with E-state index in [0.717, 1.165) is 25.4 Å². The predicted molar refractivity (Wildman–Crippen MR) is 72.5 cm³/mol. The van der Waals surface area contributed by atoms with E-state index in [1.807, 2.05) is 19.1 Å². The van der Waals surface area contributed by atoms with Gasteiger partial charge in [-0.1, -0.05) is 12.1 Å². The molecule has 1 unspecified atom stereocenters. The first kappa shape index (κ1) is 14.0. The number of likely N-dealkylation sites (N-methyl/N-ethyl adjacent to an activating group) is 1. The molecule has 0 spiro atoms.